The number of carbonyl (C=O) groups is 1. The summed E-state index contributed by atoms with van der Waals surface area (Å²) in [5, 5.41) is 0. The molecule has 58 valence electrons. The molecule has 3 heteroatoms. The summed E-state index contributed by atoms with van der Waals surface area (Å²) in [6.07, 6.45) is 0.533. The first-order valence-electron chi connectivity index (χ1n) is 3.55. The standard InChI is InChI=1S/C7H15NOSi/c1-6(5-7(2)9)8-10(3)4/h10H,5H2,1-4H3/b8-6+. The van der Waals surface area contributed by atoms with Crippen LogP contribution >= 0.6 is 0 Å². The summed E-state index contributed by atoms with van der Waals surface area (Å²) < 4.78 is 4.35. The van der Waals surface area contributed by atoms with Gasteiger partial charge in [0.1, 0.15) is 5.78 Å². The molecule has 0 saturated heterocycles. The predicted molar refractivity (Wildman–Crippen MR) is 47.3 cm³/mol. The fourth-order valence-electron chi connectivity index (χ4n) is 0.847. The number of carbonyl (C=O) groups excluding carboxylic acids is 1. The molecule has 0 aliphatic rings. The van der Waals surface area contributed by atoms with Crippen molar-refractivity contribution in [2.75, 3.05) is 0 Å². The van der Waals surface area contributed by atoms with E-state index in [9.17, 15) is 4.79 Å². The van der Waals surface area contributed by atoms with E-state index in [1.54, 1.807) is 6.92 Å². The third kappa shape index (κ3) is 5.69. The van der Waals surface area contributed by atoms with Gasteiger partial charge >= 0.3 is 0 Å². The highest BCUT2D eigenvalue weighted by Crippen LogP contribution is 1.90. The molecule has 0 rings (SSSR count). The lowest BCUT2D eigenvalue weighted by molar-refractivity contribution is -0.115. The number of hydrogen-bond donors (Lipinski definition) is 0. The monoisotopic (exact) mass is 157 g/mol. The quantitative estimate of drug-likeness (QED) is 0.450. The second-order valence-corrected chi connectivity index (χ2v) is 5.28. The van der Waals surface area contributed by atoms with Crippen molar-refractivity contribution in [3.63, 3.8) is 0 Å². The number of nitrogens with zero attached hydrogens (tertiary/aromatic N) is 1. The minimum Gasteiger partial charge on any atom is -0.334 e. The molecule has 0 aliphatic heterocycles. The fraction of sp³-hybridized carbons (Fsp3) is 0.714. The lowest BCUT2D eigenvalue weighted by Gasteiger charge is -1.98. The lowest BCUT2D eigenvalue weighted by Crippen LogP contribution is -2.05. The maximum Gasteiger partial charge on any atom is 0.159 e. The Morgan fingerprint density at radius 2 is 1.90 bits per heavy atom. The SMILES string of the molecule is CC(=O)C/C(C)=N/[SiH](C)C. The molecule has 0 N–H and O–H groups in total. The van der Waals surface area contributed by atoms with Gasteiger partial charge in [0, 0.05) is 12.1 Å². The fourth-order valence-corrected chi connectivity index (χ4v) is 1.82. The van der Waals surface area contributed by atoms with Crippen LogP contribution in [0.25, 0.3) is 0 Å². The van der Waals surface area contributed by atoms with Crippen LogP contribution in [0, 0.1) is 0 Å². The molecule has 0 aromatic rings. The van der Waals surface area contributed by atoms with E-state index in [0.29, 0.717) is 6.42 Å². The van der Waals surface area contributed by atoms with Crippen LogP contribution in [0.15, 0.2) is 4.66 Å². The number of ketones is 1. The van der Waals surface area contributed by atoms with Gasteiger partial charge < -0.3 is 4.66 Å². The molecule has 0 spiro atoms. The summed E-state index contributed by atoms with van der Waals surface area (Å²) in [6.45, 7) is 7.81. The van der Waals surface area contributed by atoms with Crippen LogP contribution in [0.4, 0.5) is 0 Å². The molecule has 0 aliphatic carbocycles. The minimum atomic E-state index is -0.852. The molecule has 0 unspecified atom stereocenters. The molecule has 0 radical (unpaired) electrons. The number of Topliss-reactive ketones (excluding diaryl/α,β-unsaturated/α-hetero) is 1. The average Bonchev–Trinajstić information content (AvgIpc) is 1.58. The minimum absolute atomic E-state index is 0.205. The Morgan fingerprint density at radius 1 is 1.40 bits per heavy atom. The molecule has 2 nitrogen and oxygen atoms in total. The molecule has 0 amide bonds. The lowest BCUT2D eigenvalue weighted by atomic mass is 10.2. The van der Waals surface area contributed by atoms with E-state index in [2.05, 4.69) is 17.8 Å². The molecule has 0 atom stereocenters. The zero-order valence-corrected chi connectivity index (χ0v) is 8.29. The summed E-state index contributed by atoms with van der Waals surface area (Å²) in [6, 6.07) is 0. The van der Waals surface area contributed by atoms with E-state index in [4.69, 9.17) is 0 Å². The molecule has 0 heterocycles. The van der Waals surface area contributed by atoms with E-state index in [-0.39, 0.29) is 5.78 Å². The van der Waals surface area contributed by atoms with Gasteiger partial charge in [0.25, 0.3) is 0 Å². The van der Waals surface area contributed by atoms with Crippen LogP contribution < -0.4 is 0 Å². The molecule has 0 aromatic carbocycles. The van der Waals surface area contributed by atoms with Crippen molar-refractivity contribution in [3.05, 3.63) is 0 Å². The van der Waals surface area contributed by atoms with Crippen LogP contribution in [0.1, 0.15) is 20.3 Å². The van der Waals surface area contributed by atoms with E-state index >= 15 is 0 Å². The van der Waals surface area contributed by atoms with E-state index in [0.717, 1.165) is 5.71 Å². The Hall–Kier alpha value is -0.443. The zero-order valence-electron chi connectivity index (χ0n) is 7.14. The Labute approximate surface area is 64.0 Å². The first-order chi connectivity index (χ1) is 4.52. The van der Waals surface area contributed by atoms with Gasteiger partial charge in [-0.2, -0.15) is 0 Å². The van der Waals surface area contributed by atoms with Gasteiger partial charge in [0.05, 0.1) is 0 Å². The molecule has 0 saturated carbocycles. The van der Waals surface area contributed by atoms with Gasteiger partial charge in [0.15, 0.2) is 8.96 Å². The van der Waals surface area contributed by atoms with Gasteiger partial charge in [-0.05, 0) is 13.8 Å². The van der Waals surface area contributed by atoms with Crippen molar-refractivity contribution in [3.8, 4) is 0 Å². The average molecular weight is 157 g/mol. The normalized spacial score (nSPS) is 12.3. The van der Waals surface area contributed by atoms with Crippen LogP contribution in [-0.4, -0.2) is 20.5 Å². The van der Waals surface area contributed by atoms with Gasteiger partial charge in [-0.3, -0.25) is 4.79 Å². The van der Waals surface area contributed by atoms with Crippen molar-refractivity contribution >= 4 is 20.5 Å². The highest BCUT2D eigenvalue weighted by molar-refractivity contribution is 6.55. The largest absolute Gasteiger partial charge is 0.334 e. The van der Waals surface area contributed by atoms with E-state index in [1.807, 2.05) is 6.92 Å². The third-order valence-corrected chi connectivity index (χ3v) is 1.94. The Balaban J connectivity index is 3.82. The molecule has 0 bridgehead atoms. The molecular formula is C7H15NOSi. The first-order valence-corrected chi connectivity index (χ1v) is 6.37. The van der Waals surface area contributed by atoms with Crippen LogP contribution in [0.2, 0.25) is 13.1 Å². The summed E-state index contributed by atoms with van der Waals surface area (Å²) in [7, 11) is -0.852. The zero-order chi connectivity index (χ0) is 8.15. The maximum atomic E-state index is 10.6. The second-order valence-electron chi connectivity index (χ2n) is 2.84. The second kappa shape index (κ2) is 4.38. The number of rotatable bonds is 3. The van der Waals surface area contributed by atoms with Crippen molar-refractivity contribution in [2.45, 2.75) is 33.4 Å². The van der Waals surface area contributed by atoms with Crippen molar-refractivity contribution < 1.29 is 4.79 Å². The Bertz CT molecular complexity index is 152. The van der Waals surface area contributed by atoms with Crippen molar-refractivity contribution in [1.29, 1.82) is 0 Å². The highest BCUT2D eigenvalue weighted by Gasteiger charge is 1.97. The van der Waals surface area contributed by atoms with Crippen LogP contribution in [0.3, 0.4) is 0 Å². The summed E-state index contributed by atoms with van der Waals surface area (Å²) >= 11 is 0. The van der Waals surface area contributed by atoms with Gasteiger partial charge in [-0.1, -0.05) is 13.1 Å². The predicted octanol–water partition coefficient (Wildman–Crippen LogP) is 1.41. The van der Waals surface area contributed by atoms with Gasteiger partial charge in [0.2, 0.25) is 0 Å². The molecule has 0 aromatic heterocycles. The van der Waals surface area contributed by atoms with Crippen molar-refractivity contribution in [2.24, 2.45) is 4.66 Å². The smallest absolute Gasteiger partial charge is 0.159 e. The van der Waals surface area contributed by atoms with Gasteiger partial charge in [-0.15, -0.1) is 0 Å². The highest BCUT2D eigenvalue weighted by atomic mass is 28.3. The van der Waals surface area contributed by atoms with E-state index in [1.165, 1.54) is 0 Å². The summed E-state index contributed by atoms with van der Waals surface area (Å²) in [5.41, 5.74) is 0.995. The van der Waals surface area contributed by atoms with Crippen molar-refractivity contribution in [1.82, 2.24) is 0 Å². The topological polar surface area (TPSA) is 29.4 Å². The molecule has 0 fully saturated rings. The van der Waals surface area contributed by atoms with E-state index < -0.39 is 8.96 Å². The molecular weight excluding hydrogens is 142 g/mol. The number of hydrogen-bond acceptors (Lipinski definition) is 2. The summed E-state index contributed by atoms with van der Waals surface area (Å²) in [5.74, 6) is 0.205. The maximum absolute atomic E-state index is 10.6. The van der Waals surface area contributed by atoms with Crippen LogP contribution in [0.5, 0.6) is 0 Å². The van der Waals surface area contributed by atoms with Crippen LogP contribution in [-0.2, 0) is 4.79 Å². The summed E-state index contributed by atoms with van der Waals surface area (Å²) in [4.78, 5) is 10.6. The third-order valence-electron chi connectivity index (χ3n) is 0.983. The first kappa shape index (κ1) is 9.56. The Morgan fingerprint density at radius 3 is 2.20 bits per heavy atom. The van der Waals surface area contributed by atoms with Gasteiger partial charge in [-0.25, -0.2) is 0 Å². The Kier molecular flexibility index (Phi) is 4.19. The molecule has 10 heavy (non-hydrogen) atoms.